The number of non-ortho nitro benzene ring substituents is 1. The Bertz CT molecular complexity index is 1270. The van der Waals surface area contributed by atoms with E-state index in [1.807, 2.05) is 0 Å². The van der Waals surface area contributed by atoms with Crippen molar-refractivity contribution in [3.05, 3.63) is 110 Å². The highest BCUT2D eigenvalue weighted by molar-refractivity contribution is 6.34. The summed E-state index contributed by atoms with van der Waals surface area (Å²) >= 11 is 6.09. The molecule has 34 heavy (non-hydrogen) atoms. The summed E-state index contributed by atoms with van der Waals surface area (Å²) in [6.07, 6.45) is 1.37. The van der Waals surface area contributed by atoms with Crippen LogP contribution in [0.5, 0.6) is 0 Å². The molecule has 0 heterocycles. The molecular formula is C24H18ClN3O6. The maximum absolute atomic E-state index is 13.0. The lowest BCUT2D eigenvalue weighted by Gasteiger charge is -2.12. The van der Waals surface area contributed by atoms with Gasteiger partial charge in [-0.25, -0.2) is 4.79 Å². The van der Waals surface area contributed by atoms with Crippen LogP contribution in [0.3, 0.4) is 0 Å². The molecule has 0 aliphatic carbocycles. The quantitative estimate of drug-likeness (QED) is 0.223. The van der Waals surface area contributed by atoms with Gasteiger partial charge >= 0.3 is 5.97 Å². The van der Waals surface area contributed by atoms with E-state index >= 15 is 0 Å². The van der Waals surface area contributed by atoms with Gasteiger partial charge in [0.15, 0.2) is 0 Å². The summed E-state index contributed by atoms with van der Waals surface area (Å²) in [4.78, 5) is 47.7. The van der Waals surface area contributed by atoms with Crippen molar-refractivity contribution in [1.29, 1.82) is 0 Å². The second kappa shape index (κ2) is 10.9. The molecule has 3 rings (SSSR count). The van der Waals surface area contributed by atoms with Crippen LogP contribution in [0.4, 0.5) is 11.4 Å². The van der Waals surface area contributed by atoms with Crippen molar-refractivity contribution in [1.82, 2.24) is 5.32 Å². The summed E-state index contributed by atoms with van der Waals surface area (Å²) in [5.41, 5.74) is 1.02. The van der Waals surface area contributed by atoms with Gasteiger partial charge in [0.05, 0.1) is 28.2 Å². The van der Waals surface area contributed by atoms with Gasteiger partial charge in [0, 0.05) is 17.8 Å². The highest BCUT2D eigenvalue weighted by Gasteiger charge is 2.17. The molecule has 2 amide bonds. The summed E-state index contributed by atoms with van der Waals surface area (Å²) in [6.45, 7) is 0. The molecule has 3 aromatic carbocycles. The summed E-state index contributed by atoms with van der Waals surface area (Å²) in [6, 6.07) is 17.7. The zero-order valence-corrected chi connectivity index (χ0v) is 18.5. The minimum absolute atomic E-state index is 0.117. The molecule has 0 spiro atoms. The van der Waals surface area contributed by atoms with Crippen LogP contribution in [-0.4, -0.2) is 29.8 Å². The lowest BCUT2D eigenvalue weighted by molar-refractivity contribution is -0.384. The lowest BCUT2D eigenvalue weighted by atomic mass is 10.1. The maximum atomic E-state index is 13.0. The minimum atomic E-state index is -0.662. The Hall–Kier alpha value is -4.50. The molecule has 0 aromatic heterocycles. The molecule has 0 fully saturated rings. The van der Waals surface area contributed by atoms with Crippen LogP contribution in [0, 0.1) is 10.1 Å². The van der Waals surface area contributed by atoms with Gasteiger partial charge in [-0.05, 0) is 60.2 Å². The van der Waals surface area contributed by atoms with Crippen LogP contribution in [-0.2, 0) is 9.53 Å². The van der Waals surface area contributed by atoms with Gasteiger partial charge in [-0.3, -0.25) is 19.7 Å². The van der Waals surface area contributed by atoms with Crippen molar-refractivity contribution >= 4 is 46.8 Å². The maximum Gasteiger partial charge on any atom is 0.337 e. The molecule has 0 bridgehead atoms. The number of carbonyl (C=O) groups excluding carboxylic acids is 3. The summed E-state index contributed by atoms with van der Waals surface area (Å²) in [5.74, 6) is -1.80. The number of nitro groups is 1. The van der Waals surface area contributed by atoms with Crippen molar-refractivity contribution < 1.29 is 24.0 Å². The number of rotatable bonds is 7. The normalized spacial score (nSPS) is 10.8. The Morgan fingerprint density at radius 1 is 0.971 bits per heavy atom. The van der Waals surface area contributed by atoms with E-state index < -0.39 is 22.7 Å². The molecule has 0 unspecified atom stereocenters. The first-order chi connectivity index (χ1) is 16.3. The first kappa shape index (κ1) is 24.1. The average Bonchev–Trinajstić information content (AvgIpc) is 2.84. The zero-order valence-electron chi connectivity index (χ0n) is 17.8. The van der Waals surface area contributed by atoms with Crippen LogP contribution in [0.15, 0.2) is 78.5 Å². The summed E-state index contributed by atoms with van der Waals surface area (Å²) in [7, 11) is 1.26. The van der Waals surface area contributed by atoms with Gasteiger partial charge < -0.3 is 15.4 Å². The van der Waals surface area contributed by atoms with Crippen LogP contribution in [0.1, 0.15) is 26.3 Å². The topological polar surface area (TPSA) is 128 Å². The molecule has 172 valence electrons. The van der Waals surface area contributed by atoms with Gasteiger partial charge in [0.25, 0.3) is 17.5 Å². The number of nitrogens with zero attached hydrogens (tertiary/aromatic N) is 1. The van der Waals surface area contributed by atoms with Crippen molar-refractivity contribution in [2.24, 2.45) is 0 Å². The first-order valence-electron chi connectivity index (χ1n) is 9.80. The smallest absolute Gasteiger partial charge is 0.337 e. The standard InChI is InChI=1S/C24H18ClN3O6/c1-34-24(31)16-8-10-17(11-9-16)26-23(30)21(14-15-6-12-18(13-7-15)28(32)33)27-22(29)19-4-2-3-5-20(19)25/h2-14H,1H3,(H,26,30)(H,27,29). The SMILES string of the molecule is COC(=O)c1ccc(NC(=O)C(=Cc2ccc([N+](=O)[O-])cc2)NC(=O)c2ccccc2Cl)cc1. The number of nitrogens with one attached hydrogen (secondary N) is 2. The van der Waals surface area contributed by atoms with Crippen molar-refractivity contribution in [2.45, 2.75) is 0 Å². The van der Waals surface area contributed by atoms with Crippen LogP contribution in [0.25, 0.3) is 6.08 Å². The number of ether oxygens (including phenoxy) is 1. The van der Waals surface area contributed by atoms with Gasteiger partial charge in [-0.2, -0.15) is 0 Å². The molecule has 10 heteroatoms. The molecule has 0 atom stereocenters. The summed E-state index contributed by atoms with van der Waals surface area (Å²) < 4.78 is 4.64. The third-order valence-corrected chi connectivity index (χ3v) is 4.92. The fraction of sp³-hybridized carbons (Fsp3) is 0.0417. The minimum Gasteiger partial charge on any atom is -0.465 e. The average molecular weight is 480 g/mol. The third kappa shape index (κ3) is 6.05. The lowest BCUT2D eigenvalue weighted by Crippen LogP contribution is -2.31. The van der Waals surface area contributed by atoms with Gasteiger partial charge in [0.2, 0.25) is 0 Å². The predicted octanol–water partition coefficient (Wildman–Crippen LogP) is 4.44. The van der Waals surface area contributed by atoms with Crippen molar-refractivity contribution in [3.63, 3.8) is 0 Å². The van der Waals surface area contributed by atoms with Crippen molar-refractivity contribution in [3.8, 4) is 0 Å². The molecule has 0 saturated carbocycles. The molecule has 3 aromatic rings. The molecule has 2 N–H and O–H groups in total. The number of amides is 2. The van der Waals surface area contributed by atoms with E-state index in [0.717, 1.165) is 0 Å². The predicted molar refractivity (Wildman–Crippen MR) is 126 cm³/mol. The number of hydrogen-bond acceptors (Lipinski definition) is 6. The largest absolute Gasteiger partial charge is 0.465 e. The van der Waals surface area contributed by atoms with Gasteiger partial charge in [0.1, 0.15) is 5.70 Å². The molecule has 0 aliphatic rings. The second-order valence-corrected chi connectivity index (χ2v) is 7.27. The molecule has 0 saturated heterocycles. The van der Waals surface area contributed by atoms with E-state index in [0.29, 0.717) is 16.8 Å². The Morgan fingerprint density at radius 3 is 2.21 bits per heavy atom. The van der Waals surface area contributed by atoms with Gasteiger partial charge in [-0.1, -0.05) is 23.7 Å². The Kier molecular flexibility index (Phi) is 7.73. The number of halogens is 1. The highest BCUT2D eigenvalue weighted by Crippen LogP contribution is 2.18. The van der Waals surface area contributed by atoms with E-state index in [1.165, 1.54) is 67.8 Å². The molecule has 0 radical (unpaired) electrons. The molecule has 0 aliphatic heterocycles. The van der Waals surface area contributed by atoms with E-state index in [4.69, 9.17) is 11.6 Å². The van der Waals surface area contributed by atoms with Crippen molar-refractivity contribution in [2.75, 3.05) is 12.4 Å². The zero-order chi connectivity index (χ0) is 24.7. The van der Waals surface area contributed by atoms with E-state index in [-0.39, 0.29) is 22.0 Å². The fourth-order valence-corrected chi connectivity index (χ4v) is 3.08. The number of esters is 1. The Morgan fingerprint density at radius 2 is 1.62 bits per heavy atom. The monoisotopic (exact) mass is 479 g/mol. The van der Waals surface area contributed by atoms with Crippen LogP contribution in [0.2, 0.25) is 5.02 Å². The number of methoxy groups -OCH3 is 1. The fourth-order valence-electron chi connectivity index (χ4n) is 2.86. The number of benzene rings is 3. The Labute approximate surface area is 199 Å². The number of nitro benzene ring substituents is 1. The van der Waals surface area contributed by atoms with E-state index in [2.05, 4.69) is 15.4 Å². The van der Waals surface area contributed by atoms with Crippen LogP contribution >= 0.6 is 11.6 Å². The van der Waals surface area contributed by atoms with E-state index in [1.54, 1.807) is 18.2 Å². The number of hydrogen-bond donors (Lipinski definition) is 2. The third-order valence-electron chi connectivity index (χ3n) is 4.59. The highest BCUT2D eigenvalue weighted by atomic mass is 35.5. The summed E-state index contributed by atoms with van der Waals surface area (Å²) in [5, 5.41) is 16.3. The number of anilines is 1. The number of carbonyl (C=O) groups is 3. The van der Waals surface area contributed by atoms with Crippen LogP contribution < -0.4 is 10.6 Å². The Balaban J connectivity index is 1.89. The second-order valence-electron chi connectivity index (χ2n) is 6.86. The van der Waals surface area contributed by atoms with E-state index in [9.17, 15) is 24.5 Å². The molecular weight excluding hydrogens is 462 g/mol. The van der Waals surface area contributed by atoms with Gasteiger partial charge in [-0.15, -0.1) is 0 Å². The first-order valence-corrected chi connectivity index (χ1v) is 10.2. The molecule has 9 nitrogen and oxygen atoms in total.